The van der Waals surface area contributed by atoms with E-state index < -0.39 is 5.69 Å². The first kappa shape index (κ1) is 11.9. The molecule has 0 aliphatic carbocycles. The highest BCUT2D eigenvalue weighted by Crippen LogP contribution is 2.21. The smallest absolute Gasteiger partial charge is 0.340 e. The maximum atomic E-state index is 11.3. The van der Waals surface area contributed by atoms with Gasteiger partial charge in [-0.3, -0.25) is 4.98 Å². The van der Waals surface area contributed by atoms with E-state index in [1.165, 1.54) is 6.07 Å². The number of aromatic nitrogens is 2. The van der Waals surface area contributed by atoms with Gasteiger partial charge in [0.1, 0.15) is 17.6 Å². The molecular weight excluding hydrogens is 228 g/mol. The van der Waals surface area contributed by atoms with E-state index in [1.807, 2.05) is 38.1 Å². The molecule has 1 aromatic heterocycles. The normalized spacial score (nSPS) is 9.83. The van der Waals surface area contributed by atoms with Gasteiger partial charge in [0.15, 0.2) is 0 Å². The Labute approximate surface area is 104 Å². The molecule has 2 aromatic rings. The largest absolute Gasteiger partial charge is 0.347 e. The molecule has 0 aliphatic rings. The molecule has 0 amide bonds. The van der Waals surface area contributed by atoms with Gasteiger partial charge < -0.3 is 5.32 Å². The third kappa shape index (κ3) is 2.38. The van der Waals surface area contributed by atoms with Crippen molar-refractivity contribution in [2.45, 2.75) is 13.8 Å². The van der Waals surface area contributed by atoms with Gasteiger partial charge in [-0.25, -0.2) is 4.79 Å². The van der Waals surface area contributed by atoms with Gasteiger partial charge in [-0.1, -0.05) is 12.1 Å². The van der Waals surface area contributed by atoms with E-state index in [9.17, 15) is 4.79 Å². The molecule has 0 atom stereocenters. The van der Waals surface area contributed by atoms with Gasteiger partial charge in [-0.15, -0.1) is 0 Å². The van der Waals surface area contributed by atoms with Crippen LogP contribution in [0.15, 0.2) is 29.1 Å². The SMILES string of the molecule is Cc1cccc(Nc2cc(C#N)[nH]c(=O)n2)c1C. The van der Waals surface area contributed by atoms with Crippen molar-refractivity contribution in [2.75, 3.05) is 5.32 Å². The molecule has 1 aromatic carbocycles. The number of H-pyrrole nitrogens is 1. The number of nitrogens with zero attached hydrogens (tertiary/aromatic N) is 2. The Kier molecular flexibility index (Phi) is 3.11. The van der Waals surface area contributed by atoms with Crippen molar-refractivity contribution in [2.24, 2.45) is 0 Å². The maximum Gasteiger partial charge on any atom is 0.347 e. The summed E-state index contributed by atoms with van der Waals surface area (Å²) in [5.74, 6) is 0.365. The Morgan fingerprint density at radius 1 is 1.39 bits per heavy atom. The van der Waals surface area contributed by atoms with E-state index >= 15 is 0 Å². The first-order valence-electron chi connectivity index (χ1n) is 5.45. The molecule has 1 heterocycles. The topological polar surface area (TPSA) is 81.6 Å². The fraction of sp³-hybridized carbons (Fsp3) is 0.154. The predicted molar refractivity (Wildman–Crippen MR) is 68.8 cm³/mol. The quantitative estimate of drug-likeness (QED) is 0.841. The third-order valence-electron chi connectivity index (χ3n) is 2.73. The highest BCUT2D eigenvalue weighted by molar-refractivity contribution is 5.62. The number of anilines is 2. The number of rotatable bonds is 2. The lowest BCUT2D eigenvalue weighted by Gasteiger charge is -2.10. The molecule has 0 spiro atoms. The molecule has 5 heteroatoms. The van der Waals surface area contributed by atoms with Crippen LogP contribution in [0, 0.1) is 25.2 Å². The molecule has 5 nitrogen and oxygen atoms in total. The van der Waals surface area contributed by atoms with Crippen molar-refractivity contribution in [3.05, 3.63) is 51.6 Å². The summed E-state index contributed by atoms with van der Waals surface area (Å²) in [4.78, 5) is 17.4. The van der Waals surface area contributed by atoms with Crippen LogP contribution in [-0.2, 0) is 0 Å². The number of aryl methyl sites for hydroxylation is 1. The van der Waals surface area contributed by atoms with E-state index in [1.54, 1.807) is 0 Å². The zero-order valence-electron chi connectivity index (χ0n) is 10.1. The molecule has 2 N–H and O–H groups in total. The molecule has 0 saturated carbocycles. The minimum Gasteiger partial charge on any atom is -0.340 e. The van der Waals surface area contributed by atoms with Crippen molar-refractivity contribution >= 4 is 11.5 Å². The summed E-state index contributed by atoms with van der Waals surface area (Å²) < 4.78 is 0. The van der Waals surface area contributed by atoms with Gasteiger partial charge >= 0.3 is 5.69 Å². The number of hydrogen-bond donors (Lipinski definition) is 2. The second-order valence-electron chi connectivity index (χ2n) is 3.97. The fourth-order valence-electron chi connectivity index (χ4n) is 1.61. The van der Waals surface area contributed by atoms with Gasteiger partial charge in [0.2, 0.25) is 0 Å². The van der Waals surface area contributed by atoms with E-state index in [0.717, 1.165) is 16.8 Å². The number of benzene rings is 1. The lowest BCUT2D eigenvalue weighted by atomic mass is 10.1. The Bertz CT molecular complexity index is 682. The van der Waals surface area contributed by atoms with Gasteiger partial charge in [-0.2, -0.15) is 10.2 Å². The highest BCUT2D eigenvalue weighted by Gasteiger charge is 2.04. The van der Waals surface area contributed by atoms with E-state index in [0.29, 0.717) is 5.82 Å². The summed E-state index contributed by atoms with van der Waals surface area (Å²) in [6.07, 6.45) is 0. The first-order chi connectivity index (χ1) is 8.60. The number of aromatic amines is 1. The van der Waals surface area contributed by atoms with Crippen LogP contribution in [0.5, 0.6) is 0 Å². The molecule has 0 radical (unpaired) electrons. The molecule has 0 aliphatic heterocycles. The average molecular weight is 240 g/mol. The van der Waals surface area contributed by atoms with Gasteiger partial charge in [0, 0.05) is 11.8 Å². The maximum absolute atomic E-state index is 11.3. The lowest BCUT2D eigenvalue weighted by molar-refractivity contribution is 1.06. The van der Waals surface area contributed by atoms with Crippen LogP contribution in [0.3, 0.4) is 0 Å². The van der Waals surface area contributed by atoms with Crippen LogP contribution in [0.1, 0.15) is 16.8 Å². The summed E-state index contributed by atoms with van der Waals surface area (Å²) >= 11 is 0. The molecule has 2 rings (SSSR count). The van der Waals surface area contributed by atoms with Crippen LogP contribution >= 0.6 is 0 Å². The highest BCUT2D eigenvalue weighted by atomic mass is 16.1. The van der Waals surface area contributed by atoms with Crippen molar-refractivity contribution in [3.8, 4) is 6.07 Å². The van der Waals surface area contributed by atoms with Gasteiger partial charge in [0.25, 0.3) is 0 Å². The van der Waals surface area contributed by atoms with Gasteiger partial charge in [0.05, 0.1) is 0 Å². The van der Waals surface area contributed by atoms with E-state index in [-0.39, 0.29) is 5.69 Å². The first-order valence-corrected chi connectivity index (χ1v) is 5.45. The number of nitrogens with one attached hydrogen (secondary N) is 2. The van der Waals surface area contributed by atoms with Crippen molar-refractivity contribution < 1.29 is 0 Å². The fourth-order valence-corrected chi connectivity index (χ4v) is 1.61. The molecule has 90 valence electrons. The van der Waals surface area contributed by atoms with Crippen LogP contribution in [0.25, 0.3) is 0 Å². The second-order valence-corrected chi connectivity index (χ2v) is 3.97. The van der Waals surface area contributed by atoms with Gasteiger partial charge in [-0.05, 0) is 31.0 Å². The zero-order chi connectivity index (χ0) is 13.1. The van der Waals surface area contributed by atoms with Crippen molar-refractivity contribution in [1.29, 1.82) is 5.26 Å². The average Bonchev–Trinajstić information content (AvgIpc) is 2.34. The zero-order valence-corrected chi connectivity index (χ0v) is 10.1. The Hall–Kier alpha value is -2.61. The van der Waals surface area contributed by atoms with Crippen LogP contribution in [-0.4, -0.2) is 9.97 Å². The predicted octanol–water partition coefficient (Wildman–Crippen LogP) is 2.00. The molecule has 0 saturated heterocycles. The van der Waals surface area contributed by atoms with E-state index in [2.05, 4.69) is 15.3 Å². The third-order valence-corrected chi connectivity index (χ3v) is 2.73. The summed E-state index contributed by atoms with van der Waals surface area (Å²) in [6, 6.07) is 9.21. The summed E-state index contributed by atoms with van der Waals surface area (Å²) in [5, 5.41) is 11.8. The molecule has 0 bridgehead atoms. The minimum absolute atomic E-state index is 0.183. The molecule has 0 unspecified atom stereocenters. The van der Waals surface area contributed by atoms with E-state index in [4.69, 9.17) is 5.26 Å². The summed E-state index contributed by atoms with van der Waals surface area (Å²) in [5.41, 5.74) is 2.74. The number of nitriles is 1. The standard InChI is InChI=1S/C13H12N4O/c1-8-4-3-5-11(9(8)2)16-12-6-10(7-14)15-13(18)17-12/h3-6H,1-2H3,(H2,15,16,17,18). The molecular formula is C13H12N4O. The Balaban J connectivity index is 2.40. The molecule has 18 heavy (non-hydrogen) atoms. The summed E-state index contributed by atoms with van der Waals surface area (Å²) in [6.45, 7) is 3.99. The monoisotopic (exact) mass is 240 g/mol. The Morgan fingerprint density at radius 2 is 2.17 bits per heavy atom. The van der Waals surface area contributed by atoms with Crippen LogP contribution < -0.4 is 11.0 Å². The van der Waals surface area contributed by atoms with Crippen LogP contribution in [0.2, 0.25) is 0 Å². The second kappa shape index (κ2) is 4.72. The Morgan fingerprint density at radius 3 is 2.89 bits per heavy atom. The minimum atomic E-state index is -0.540. The van der Waals surface area contributed by atoms with Crippen molar-refractivity contribution in [3.63, 3.8) is 0 Å². The lowest BCUT2D eigenvalue weighted by Crippen LogP contribution is -2.13. The summed E-state index contributed by atoms with van der Waals surface area (Å²) in [7, 11) is 0. The number of hydrogen-bond acceptors (Lipinski definition) is 4. The van der Waals surface area contributed by atoms with Crippen molar-refractivity contribution in [1.82, 2.24) is 9.97 Å². The molecule has 0 fully saturated rings. The van der Waals surface area contributed by atoms with Crippen LogP contribution in [0.4, 0.5) is 11.5 Å².